The van der Waals surface area contributed by atoms with Gasteiger partial charge in [0.05, 0.1) is 11.0 Å². The summed E-state index contributed by atoms with van der Waals surface area (Å²) in [6.07, 6.45) is 3.44. The van der Waals surface area contributed by atoms with E-state index in [1.54, 1.807) is 12.4 Å². The van der Waals surface area contributed by atoms with Crippen molar-refractivity contribution < 1.29 is 0 Å². The molecule has 0 spiro atoms. The Kier molecular flexibility index (Phi) is 2.74. The molecule has 0 atom stereocenters. The second-order valence-corrected chi connectivity index (χ2v) is 4.21. The van der Waals surface area contributed by atoms with Gasteiger partial charge in [0, 0.05) is 18.0 Å². The number of imidazole rings is 1. The van der Waals surface area contributed by atoms with E-state index < -0.39 is 0 Å². The van der Waals surface area contributed by atoms with Crippen LogP contribution in [0.4, 0.5) is 5.95 Å². The minimum Gasteiger partial charge on any atom is -0.324 e. The van der Waals surface area contributed by atoms with Crippen molar-refractivity contribution in [3.8, 4) is 0 Å². The summed E-state index contributed by atoms with van der Waals surface area (Å²) >= 11 is 5.30. The van der Waals surface area contributed by atoms with Gasteiger partial charge in [-0.2, -0.15) is 0 Å². The van der Waals surface area contributed by atoms with Crippen molar-refractivity contribution >= 4 is 34.2 Å². The van der Waals surface area contributed by atoms with Gasteiger partial charge in [0.2, 0.25) is 5.95 Å². The SMILES string of the molecule is S=C(Nc1nc2ccccc2[nH]1)c1cccnc1. The minimum absolute atomic E-state index is 0.599. The largest absolute Gasteiger partial charge is 0.324 e. The Hall–Kier alpha value is -2.27. The van der Waals surface area contributed by atoms with Crippen LogP contribution >= 0.6 is 12.2 Å². The number of aromatic nitrogens is 3. The third-order valence-electron chi connectivity index (χ3n) is 2.55. The summed E-state index contributed by atoms with van der Waals surface area (Å²) in [5.41, 5.74) is 2.76. The zero-order valence-electron chi connectivity index (χ0n) is 9.42. The predicted octanol–water partition coefficient (Wildman–Crippen LogP) is 2.75. The van der Waals surface area contributed by atoms with Gasteiger partial charge in [-0.25, -0.2) is 4.98 Å². The molecular formula is C13H10N4S. The van der Waals surface area contributed by atoms with Gasteiger partial charge in [-0.3, -0.25) is 4.98 Å². The lowest BCUT2D eigenvalue weighted by atomic mass is 10.3. The molecule has 0 saturated heterocycles. The highest BCUT2D eigenvalue weighted by molar-refractivity contribution is 7.81. The predicted molar refractivity (Wildman–Crippen MR) is 75.7 cm³/mol. The highest BCUT2D eigenvalue weighted by Gasteiger charge is 2.05. The molecule has 2 N–H and O–H groups in total. The molecule has 0 aliphatic rings. The number of H-pyrrole nitrogens is 1. The average Bonchev–Trinajstić information content (AvgIpc) is 2.82. The van der Waals surface area contributed by atoms with E-state index in [0.717, 1.165) is 16.6 Å². The molecule has 0 aliphatic carbocycles. The number of hydrogen-bond donors (Lipinski definition) is 2. The van der Waals surface area contributed by atoms with E-state index in [1.807, 2.05) is 36.4 Å². The van der Waals surface area contributed by atoms with Gasteiger partial charge in [0.15, 0.2) is 0 Å². The summed E-state index contributed by atoms with van der Waals surface area (Å²) < 4.78 is 0. The Balaban J connectivity index is 1.86. The van der Waals surface area contributed by atoms with Gasteiger partial charge in [0.1, 0.15) is 4.99 Å². The first kappa shape index (κ1) is 10.9. The number of rotatable bonds is 2. The molecule has 0 radical (unpaired) electrons. The first-order valence-corrected chi connectivity index (χ1v) is 5.90. The third-order valence-corrected chi connectivity index (χ3v) is 2.88. The Bertz CT molecular complexity index is 657. The molecule has 3 aromatic rings. The van der Waals surface area contributed by atoms with Crippen molar-refractivity contribution in [1.29, 1.82) is 0 Å². The van der Waals surface area contributed by atoms with Crippen molar-refractivity contribution in [1.82, 2.24) is 15.0 Å². The number of benzene rings is 1. The molecule has 3 rings (SSSR count). The van der Waals surface area contributed by atoms with Crippen LogP contribution in [-0.4, -0.2) is 19.9 Å². The summed E-state index contributed by atoms with van der Waals surface area (Å²) in [4.78, 5) is 12.2. The molecule has 88 valence electrons. The van der Waals surface area contributed by atoms with E-state index in [4.69, 9.17) is 12.2 Å². The number of thiocarbonyl (C=S) groups is 1. The molecule has 0 amide bonds. The molecule has 18 heavy (non-hydrogen) atoms. The Morgan fingerprint density at radius 2 is 2.06 bits per heavy atom. The van der Waals surface area contributed by atoms with E-state index in [0.29, 0.717) is 10.9 Å². The first-order chi connectivity index (χ1) is 8.83. The smallest absolute Gasteiger partial charge is 0.206 e. The first-order valence-electron chi connectivity index (χ1n) is 5.49. The van der Waals surface area contributed by atoms with Crippen molar-refractivity contribution in [2.75, 3.05) is 5.32 Å². The number of anilines is 1. The van der Waals surface area contributed by atoms with Crippen LogP contribution in [0.3, 0.4) is 0 Å². The zero-order chi connectivity index (χ0) is 12.4. The molecule has 5 heteroatoms. The molecule has 2 aromatic heterocycles. The maximum atomic E-state index is 5.30. The Labute approximate surface area is 109 Å². The maximum Gasteiger partial charge on any atom is 0.206 e. The standard InChI is InChI=1S/C13H10N4S/c18-12(9-4-3-7-14-8-9)17-13-15-10-5-1-2-6-11(10)16-13/h1-8H,(H2,15,16,17,18). The normalized spacial score (nSPS) is 10.4. The molecular weight excluding hydrogens is 244 g/mol. The van der Waals surface area contributed by atoms with Gasteiger partial charge < -0.3 is 10.3 Å². The number of fused-ring (bicyclic) bond motifs is 1. The maximum absolute atomic E-state index is 5.30. The topological polar surface area (TPSA) is 53.6 Å². The third kappa shape index (κ3) is 2.08. The van der Waals surface area contributed by atoms with E-state index >= 15 is 0 Å². The van der Waals surface area contributed by atoms with E-state index in [2.05, 4.69) is 20.3 Å². The number of aromatic amines is 1. The van der Waals surface area contributed by atoms with Crippen LogP contribution in [0.1, 0.15) is 5.56 Å². The minimum atomic E-state index is 0.599. The summed E-state index contributed by atoms with van der Waals surface area (Å²) in [6, 6.07) is 11.6. The molecule has 2 heterocycles. The average molecular weight is 254 g/mol. The molecule has 0 fully saturated rings. The Morgan fingerprint density at radius 3 is 2.83 bits per heavy atom. The number of para-hydroxylation sites is 2. The van der Waals surface area contributed by atoms with Crippen LogP contribution in [0.15, 0.2) is 48.8 Å². The molecule has 0 bridgehead atoms. The second-order valence-electron chi connectivity index (χ2n) is 3.80. The van der Waals surface area contributed by atoms with Crippen molar-refractivity contribution in [2.45, 2.75) is 0 Å². The molecule has 0 aliphatic heterocycles. The van der Waals surface area contributed by atoms with Crippen molar-refractivity contribution in [3.05, 3.63) is 54.4 Å². The fourth-order valence-electron chi connectivity index (χ4n) is 1.69. The van der Waals surface area contributed by atoms with Crippen molar-refractivity contribution in [3.63, 3.8) is 0 Å². The van der Waals surface area contributed by atoms with E-state index in [9.17, 15) is 0 Å². The van der Waals surface area contributed by atoms with Gasteiger partial charge in [-0.15, -0.1) is 0 Å². The van der Waals surface area contributed by atoms with E-state index in [1.165, 1.54) is 0 Å². The lowest BCUT2D eigenvalue weighted by Gasteiger charge is -2.03. The summed E-state index contributed by atoms with van der Waals surface area (Å²) in [6.45, 7) is 0. The lowest BCUT2D eigenvalue weighted by molar-refractivity contribution is 1.30. The highest BCUT2D eigenvalue weighted by Crippen LogP contribution is 2.14. The molecule has 0 unspecified atom stereocenters. The van der Waals surface area contributed by atoms with Crippen LogP contribution in [0.25, 0.3) is 11.0 Å². The highest BCUT2D eigenvalue weighted by atomic mass is 32.1. The monoisotopic (exact) mass is 254 g/mol. The fourth-order valence-corrected chi connectivity index (χ4v) is 1.91. The summed E-state index contributed by atoms with van der Waals surface area (Å²) in [7, 11) is 0. The van der Waals surface area contributed by atoms with Crippen LogP contribution in [0.5, 0.6) is 0 Å². The molecule has 0 saturated carbocycles. The van der Waals surface area contributed by atoms with Crippen LogP contribution in [0, 0.1) is 0 Å². The number of pyridine rings is 1. The summed E-state index contributed by atoms with van der Waals surface area (Å²) in [5, 5.41) is 3.07. The lowest BCUT2D eigenvalue weighted by Crippen LogP contribution is -2.11. The van der Waals surface area contributed by atoms with Crippen LogP contribution in [0.2, 0.25) is 0 Å². The van der Waals surface area contributed by atoms with Gasteiger partial charge >= 0.3 is 0 Å². The second kappa shape index (κ2) is 4.54. The number of nitrogens with zero attached hydrogens (tertiary/aromatic N) is 2. The van der Waals surface area contributed by atoms with Gasteiger partial charge in [-0.05, 0) is 24.3 Å². The van der Waals surface area contributed by atoms with Crippen LogP contribution < -0.4 is 5.32 Å². The Morgan fingerprint density at radius 1 is 1.17 bits per heavy atom. The molecule has 4 nitrogen and oxygen atoms in total. The fraction of sp³-hybridized carbons (Fsp3) is 0. The van der Waals surface area contributed by atoms with E-state index in [-0.39, 0.29) is 0 Å². The van der Waals surface area contributed by atoms with Gasteiger partial charge in [-0.1, -0.05) is 24.4 Å². The van der Waals surface area contributed by atoms with Crippen LogP contribution in [-0.2, 0) is 0 Å². The quantitative estimate of drug-likeness (QED) is 0.690. The van der Waals surface area contributed by atoms with Gasteiger partial charge in [0.25, 0.3) is 0 Å². The zero-order valence-corrected chi connectivity index (χ0v) is 10.2. The molecule has 1 aromatic carbocycles. The number of nitrogens with one attached hydrogen (secondary N) is 2. The number of hydrogen-bond acceptors (Lipinski definition) is 3. The van der Waals surface area contributed by atoms with Crippen molar-refractivity contribution in [2.24, 2.45) is 0 Å². The summed E-state index contributed by atoms with van der Waals surface area (Å²) in [5.74, 6) is 0.644.